The molecule has 4 rings (SSSR count). The Balaban J connectivity index is 1.55. The number of methoxy groups -OCH3 is 2. The molecule has 1 saturated carbocycles. The molecule has 3 aromatic rings. The molecule has 10 heteroatoms. The van der Waals surface area contributed by atoms with E-state index < -0.39 is 11.9 Å². The van der Waals surface area contributed by atoms with Gasteiger partial charge in [-0.25, -0.2) is 9.78 Å². The number of hydrogen-bond donors (Lipinski definition) is 2. The maximum Gasteiger partial charge on any atom is 0.371 e. The van der Waals surface area contributed by atoms with Crippen LogP contribution < -0.4 is 5.32 Å². The number of aromatic nitrogens is 1. The van der Waals surface area contributed by atoms with Crippen molar-refractivity contribution in [3.8, 4) is 11.3 Å². The van der Waals surface area contributed by atoms with Gasteiger partial charge in [-0.05, 0) is 55.0 Å². The molecule has 0 saturated heterocycles. The maximum absolute atomic E-state index is 12.9. The Morgan fingerprint density at radius 2 is 1.87 bits per heavy atom. The number of carboxylic acid groups (broad SMARTS) is 1. The number of carbonyl (C=O) groups excluding carboxylic acids is 1. The summed E-state index contributed by atoms with van der Waals surface area (Å²) in [5.74, 6) is -1.52. The van der Waals surface area contributed by atoms with Crippen LogP contribution in [-0.4, -0.2) is 36.2 Å². The number of carboxylic acids is 1. The summed E-state index contributed by atoms with van der Waals surface area (Å²) in [6.07, 6.45) is 6.09. The normalized spacial score (nSPS) is 14.9. The van der Waals surface area contributed by atoms with Crippen molar-refractivity contribution in [2.24, 2.45) is 5.92 Å². The molecule has 7 nitrogen and oxygen atoms in total. The van der Waals surface area contributed by atoms with E-state index >= 15 is 0 Å². The van der Waals surface area contributed by atoms with E-state index in [1.807, 2.05) is 17.5 Å². The zero-order valence-corrected chi connectivity index (χ0v) is 23.5. The highest BCUT2D eigenvalue weighted by molar-refractivity contribution is 7.14. The highest BCUT2D eigenvalue weighted by Gasteiger charge is 2.28. The number of anilines is 1. The van der Waals surface area contributed by atoms with Crippen molar-refractivity contribution >= 4 is 57.6 Å². The van der Waals surface area contributed by atoms with Gasteiger partial charge in [0.05, 0.1) is 29.0 Å². The third kappa shape index (κ3) is 6.04. The summed E-state index contributed by atoms with van der Waals surface area (Å²) < 4.78 is 10.8. The number of amides is 1. The fourth-order valence-corrected chi connectivity index (χ4v) is 6.19. The number of thiazole rings is 1. The molecule has 2 aromatic carbocycles. The number of benzene rings is 2. The molecule has 0 radical (unpaired) electrons. The predicted molar refractivity (Wildman–Crippen MR) is 151 cm³/mol. The van der Waals surface area contributed by atoms with Gasteiger partial charge in [0.15, 0.2) is 5.13 Å². The lowest BCUT2D eigenvalue weighted by Gasteiger charge is -2.25. The highest BCUT2D eigenvalue weighted by atomic mass is 35.5. The molecule has 0 spiro atoms. The van der Waals surface area contributed by atoms with Crippen LogP contribution >= 0.6 is 34.5 Å². The fourth-order valence-electron chi connectivity index (χ4n) is 4.89. The van der Waals surface area contributed by atoms with Gasteiger partial charge in [-0.15, -0.1) is 11.3 Å². The van der Waals surface area contributed by atoms with Crippen LogP contribution in [0.25, 0.3) is 17.3 Å². The van der Waals surface area contributed by atoms with Crippen molar-refractivity contribution in [1.82, 2.24) is 4.98 Å². The molecule has 1 heterocycles. The van der Waals surface area contributed by atoms with Crippen molar-refractivity contribution in [3.63, 3.8) is 0 Å². The maximum atomic E-state index is 12.9. The van der Waals surface area contributed by atoms with E-state index in [1.165, 1.54) is 67.9 Å². The Morgan fingerprint density at radius 3 is 2.47 bits per heavy atom. The van der Waals surface area contributed by atoms with Gasteiger partial charge in [0.25, 0.3) is 5.91 Å². The smallest absolute Gasteiger partial charge is 0.371 e. The fraction of sp³-hybridized carbons (Fsp3) is 0.321. The molecule has 1 amide bonds. The highest BCUT2D eigenvalue weighted by Crippen LogP contribution is 2.41. The van der Waals surface area contributed by atoms with Gasteiger partial charge in [-0.2, -0.15) is 0 Å². The molecule has 0 bridgehead atoms. The van der Waals surface area contributed by atoms with E-state index in [1.54, 1.807) is 7.11 Å². The summed E-state index contributed by atoms with van der Waals surface area (Å²) in [6.45, 7) is 2.09. The second-order valence-corrected chi connectivity index (χ2v) is 10.8. The lowest BCUT2D eigenvalue weighted by atomic mass is 9.89. The topological polar surface area (TPSA) is 97.8 Å². The summed E-state index contributed by atoms with van der Waals surface area (Å²) in [5.41, 5.74) is 4.50. The van der Waals surface area contributed by atoms with Crippen molar-refractivity contribution < 1.29 is 24.2 Å². The number of nitrogens with zero attached hydrogens (tertiary/aromatic N) is 1. The lowest BCUT2D eigenvalue weighted by molar-refractivity contribution is -0.135. The van der Waals surface area contributed by atoms with Gasteiger partial charge >= 0.3 is 5.97 Å². The van der Waals surface area contributed by atoms with E-state index in [4.69, 9.17) is 32.7 Å². The van der Waals surface area contributed by atoms with Crippen LogP contribution in [0.5, 0.6) is 0 Å². The first-order valence-corrected chi connectivity index (χ1v) is 13.7. The average molecular weight is 576 g/mol. The van der Waals surface area contributed by atoms with E-state index in [2.05, 4.69) is 23.3 Å². The number of carbonyl (C=O) groups is 2. The summed E-state index contributed by atoms with van der Waals surface area (Å²) in [7, 11) is 3.00. The third-order valence-electron chi connectivity index (χ3n) is 6.81. The minimum absolute atomic E-state index is 0.0537. The summed E-state index contributed by atoms with van der Waals surface area (Å²) in [4.78, 5) is 28.8. The van der Waals surface area contributed by atoms with Crippen LogP contribution in [0, 0.1) is 12.8 Å². The summed E-state index contributed by atoms with van der Waals surface area (Å²) in [6, 6.07) is 9.01. The van der Waals surface area contributed by atoms with Crippen LogP contribution in [0.4, 0.5) is 5.13 Å². The van der Waals surface area contributed by atoms with Gasteiger partial charge in [-0.3, -0.25) is 10.1 Å². The second kappa shape index (κ2) is 12.3. The Bertz CT molecular complexity index is 1360. The summed E-state index contributed by atoms with van der Waals surface area (Å²) in [5, 5.41) is 14.5. The van der Waals surface area contributed by atoms with Crippen molar-refractivity contribution in [2.75, 3.05) is 19.5 Å². The van der Waals surface area contributed by atoms with E-state index in [0.29, 0.717) is 11.0 Å². The minimum atomic E-state index is -1.27. The number of aliphatic carboxylic acids is 1. The molecule has 1 aliphatic carbocycles. The minimum Gasteiger partial charge on any atom is -0.490 e. The molecule has 1 unspecified atom stereocenters. The molecule has 1 aliphatic rings. The molecule has 38 heavy (non-hydrogen) atoms. The molecular weight excluding hydrogens is 547 g/mol. The number of hydrogen-bond acceptors (Lipinski definition) is 6. The Labute approximate surface area is 235 Å². The van der Waals surface area contributed by atoms with E-state index in [9.17, 15) is 14.7 Å². The molecule has 1 fully saturated rings. The number of ether oxygens (including phenoxy) is 2. The Hall–Kier alpha value is -2.91. The summed E-state index contributed by atoms with van der Waals surface area (Å²) >= 11 is 13.9. The average Bonchev–Trinajstić information content (AvgIpc) is 3.58. The van der Waals surface area contributed by atoms with Crippen LogP contribution in [0.3, 0.4) is 0 Å². The van der Waals surface area contributed by atoms with Gasteiger partial charge in [0, 0.05) is 29.2 Å². The van der Waals surface area contributed by atoms with E-state index in [0.717, 1.165) is 16.8 Å². The standard InChI is InChI=1S/C28H28Cl2N2O5S/c1-15-18(9-6-10-19(15)25(37-3)16-7-4-5-8-16)23-14-38-28(31-23)32-26(33)17-11-21(29)20(22(30)12-17)13-24(36-2)27(34)35/h6,9-14,16,25H,4-5,7-8H2,1-3H3,(H,34,35)(H,31,32,33)/b24-13-. The first-order valence-electron chi connectivity index (χ1n) is 12.1. The van der Waals surface area contributed by atoms with Crippen LogP contribution in [0.2, 0.25) is 10.0 Å². The Morgan fingerprint density at radius 1 is 1.18 bits per heavy atom. The first-order chi connectivity index (χ1) is 18.2. The molecule has 1 atom stereocenters. The van der Waals surface area contributed by atoms with Crippen LogP contribution in [-0.2, 0) is 14.3 Å². The SMILES string of the molecule is CO/C(=C\c1c(Cl)cc(C(=O)Nc2nc(-c3cccc(C(OC)C4CCCC4)c3C)cs2)cc1Cl)C(=O)O. The van der Waals surface area contributed by atoms with Crippen LogP contribution in [0.1, 0.15) is 58.8 Å². The van der Waals surface area contributed by atoms with Crippen molar-refractivity contribution in [3.05, 3.63) is 73.8 Å². The van der Waals surface area contributed by atoms with Gasteiger partial charge < -0.3 is 14.6 Å². The zero-order valence-electron chi connectivity index (χ0n) is 21.2. The predicted octanol–water partition coefficient (Wildman–Crippen LogP) is 7.63. The van der Waals surface area contributed by atoms with E-state index in [-0.39, 0.29) is 33.0 Å². The molecule has 0 aliphatic heterocycles. The van der Waals surface area contributed by atoms with Gasteiger partial charge in [0.2, 0.25) is 5.76 Å². The number of halogens is 2. The molecule has 1 aromatic heterocycles. The number of rotatable bonds is 9. The van der Waals surface area contributed by atoms with Crippen molar-refractivity contribution in [2.45, 2.75) is 38.7 Å². The molecule has 200 valence electrons. The van der Waals surface area contributed by atoms with Gasteiger partial charge in [-0.1, -0.05) is 54.2 Å². The monoisotopic (exact) mass is 574 g/mol. The molecular formula is C28H28Cl2N2O5S. The second-order valence-electron chi connectivity index (χ2n) is 9.08. The van der Waals surface area contributed by atoms with Gasteiger partial charge in [0.1, 0.15) is 0 Å². The lowest BCUT2D eigenvalue weighted by Crippen LogP contribution is -2.13. The Kier molecular flexibility index (Phi) is 9.10. The number of nitrogens with one attached hydrogen (secondary N) is 1. The molecule has 2 N–H and O–H groups in total. The quantitative estimate of drug-likeness (QED) is 0.201. The first kappa shape index (κ1) is 28.1. The largest absolute Gasteiger partial charge is 0.490 e. The zero-order chi connectivity index (χ0) is 27.4. The third-order valence-corrected chi connectivity index (χ3v) is 8.20. The van der Waals surface area contributed by atoms with Crippen molar-refractivity contribution in [1.29, 1.82) is 0 Å². The van der Waals surface area contributed by atoms with Crippen LogP contribution in [0.15, 0.2) is 41.5 Å².